The van der Waals surface area contributed by atoms with E-state index in [0.29, 0.717) is 5.69 Å². The smallest absolute Gasteiger partial charge is 0.178 e. The standard InChI is InChI=1S/C25H26ClN5/c1-2-3-4-5-6-7-10-15-31-20(14-13-19-11-8-9-12-24(19)31)16-21-25(26)30-23(18-28)22(17-27)29-21/h8-9,11-14,16H,2-7,10,15H2,1H3/b20-16+. The van der Waals surface area contributed by atoms with Crippen LogP contribution in [0.15, 0.2) is 36.0 Å². The van der Waals surface area contributed by atoms with Gasteiger partial charge in [-0.2, -0.15) is 10.5 Å². The summed E-state index contributed by atoms with van der Waals surface area (Å²) in [5.41, 5.74) is 3.56. The molecule has 31 heavy (non-hydrogen) atoms. The molecule has 1 aliphatic rings. The van der Waals surface area contributed by atoms with Crippen LogP contribution in [0.25, 0.3) is 12.2 Å². The van der Waals surface area contributed by atoms with E-state index >= 15 is 0 Å². The SMILES string of the molecule is CCCCCCCCCN1/C(=C/c2nc(C#N)c(C#N)nc2Cl)C=Cc2ccccc21. The quantitative estimate of drug-likeness (QED) is 0.423. The van der Waals surface area contributed by atoms with Crippen molar-refractivity contribution in [3.63, 3.8) is 0 Å². The number of unbranched alkanes of at least 4 members (excludes halogenated alkanes) is 6. The molecule has 2 heterocycles. The maximum atomic E-state index is 9.28. The summed E-state index contributed by atoms with van der Waals surface area (Å²) in [5.74, 6) is 0. The van der Waals surface area contributed by atoms with Gasteiger partial charge < -0.3 is 4.90 Å². The maximum Gasteiger partial charge on any atom is 0.178 e. The number of benzene rings is 1. The van der Waals surface area contributed by atoms with Gasteiger partial charge in [-0.3, -0.25) is 0 Å². The molecule has 0 atom stereocenters. The number of hydrogen-bond acceptors (Lipinski definition) is 5. The number of halogens is 1. The third-order valence-electron chi connectivity index (χ3n) is 5.33. The van der Waals surface area contributed by atoms with Crippen LogP contribution in [0.5, 0.6) is 0 Å². The van der Waals surface area contributed by atoms with Crippen LogP contribution < -0.4 is 4.90 Å². The highest BCUT2D eigenvalue weighted by Crippen LogP contribution is 2.32. The number of anilines is 1. The van der Waals surface area contributed by atoms with Gasteiger partial charge in [-0.1, -0.05) is 81.3 Å². The van der Waals surface area contributed by atoms with Gasteiger partial charge in [0.25, 0.3) is 0 Å². The van der Waals surface area contributed by atoms with Crippen molar-refractivity contribution in [2.24, 2.45) is 0 Å². The molecule has 0 amide bonds. The summed E-state index contributed by atoms with van der Waals surface area (Å²) in [7, 11) is 0. The van der Waals surface area contributed by atoms with Crippen molar-refractivity contribution >= 4 is 29.4 Å². The van der Waals surface area contributed by atoms with Crippen molar-refractivity contribution in [1.29, 1.82) is 10.5 Å². The molecule has 0 N–H and O–H groups in total. The number of fused-ring (bicyclic) bond motifs is 1. The minimum Gasteiger partial charge on any atom is -0.341 e. The molecule has 1 aromatic carbocycles. The van der Waals surface area contributed by atoms with Crippen molar-refractivity contribution < 1.29 is 0 Å². The number of hydrogen-bond donors (Lipinski definition) is 0. The zero-order chi connectivity index (χ0) is 22.1. The van der Waals surface area contributed by atoms with E-state index in [4.69, 9.17) is 16.9 Å². The monoisotopic (exact) mass is 431 g/mol. The maximum absolute atomic E-state index is 9.28. The van der Waals surface area contributed by atoms with Crippen LogP contribution in [0.4, 0.5) is 5.69 Å². The molecule has 158 valence electrons. The Hall–Kier alpha value is -3.15. The molecule has 3 rings (SSSR count). The Labute approximate surface area is 189 Å². The molecular formula is C25H26ClN5. The van der Waals surface area contributed by atoms with Gasteiger partial charge in [-0.05, 0) is 30.2 Å². The highest BCUT2D eigenvalue weighted by molar-refractivity contribution is 6.30. The third-order valence-corrected chi connectivity index (χ3v) is 5.61. The van der Waals surface area contributed by atoms with Gasteiger partial charge in [0, 0.05) is 17.9 Å². The van der Waals surface area contributed by atoms with Gasteiger partial charge in [0.05, 0.1) is 0 Å². The van der Waals surface area contributed by atoms with Gasteiger partial charge in [0.1, 0.15) is 17.8 Å². The molecule has 1 aliphatic heterocycles. The fourth-order valence-electron chi connectivity index (χ4n) is 3.70. The molecule has 0 saturated carbocycles. The van der Waals surface area contributed by atoms with Crippen LogP contribution in [0.2, 0.25) is 5.15 Å². The van der Waals surface area contributed by atoms with Crippen LogP contribution in [-0.4, -0.2) is 16.5 Å². The molecule has 0 fully saturated rings. The minimum absolute atomic E-state index is 0.0161. The fraction of sp³-hybridized carbons (Fsp3) is 0.360. The van der Waals surface area contributed by atoms with Gasteiger partial charge >= 0.3 is 0 Å². The summed E-state index contributed by atoms with van der Waals surface area (Å²) in [4.78, 5) is 10.6. The highest BCUT2D eigenvalue weighted by atomic mass is 35.5. The highest BCUT2D eigenvalue weighted by Gasteiger charge is 2.18. The van der Waals surface area contributed by atoms with E-state index in [1.54, 1.807) is 0 Å². The molecule has 0 saturated heterocycles. The number of rotatable bonds is 9. The molecule has 0 bridgehead atoms. The van der Waals surface area contributed by atoms with E-state index < -0.39 is 0 Å². The predicted molar refractivity (Wildman–Crippen MR) is 125 cm³/mol. The van der Waals surface area contributed by atoms with E-state index in [1.165, 1.54) is 38.5 Å². The average Bonchev–Trinajstić information content (AvgIpc) is 2.80. The van der Waals surface area contributed by atoms with Crippen molar-refractivity contribution in [3.8, 4) is 12.1 Å². The Morgan fingerprint density at radius 2 is 1.61 bits per heavy atom. The summed E-state index contributed by atoms with van der Waals surface area (Å²) in [5, 5.41) is 18.5. The second-order valence-corrected chi connectivity index (χ2v) is 7.91. The van der Waals surface area contributed by atoms with Crippen LogP contribution in [0.3, 0.4) is 0 Å². The van der Waals surface area contributed by atoms with Crippen molar-refractivity contribution in [3.05, 3.63) is 63.8 Å². The van der Waals surface area contributed by atoms with Crippen LogP contribution in [0.1, 0.15) is 74.5 Å². The minimum atomic E-state index is -0.0564. The summed E-state index contributed by atoms with van der Waals surface area (Å²) in [6, 6.07) is 12.1. The van der Waals surface area contributed by atoms with E-state index in [9.17, 15) is 5.26 Å². The zero-order valence-corrected chi connectivity index (χ0v) is 18.6. The molecule has 2 aromatic rings. The molecule has 0 unspecified atom stereocenters. The molecular weight excluding hydrogens is 406 g/mol. The van der Waals surface area contributed by atoms with Crippen LogP contribution in [-0.2, 0) is 0 Å². The van der Waals surface area contributed by atoms with Crippen molar-refractivity contribution in [2.75, 3.05) is 11.4 Å². The fourth-order valence-corrected chi connectivity index (χ4v) is 3.88. The first-order chi connectivity index (χ1) is 15.2. The Morgan fingerprint density at radius 3 is 2.35 bits per heavy atom. The van der Waals surface area contributed by atoms with Crippen LogP contribution >= 0.6 is 11.6 Å². The first-order valence-electron chi connectivity index (χ1n) is 10.8. The van der Waals surface area contributed by atoms with E-state index in [-0.39, 0.29) is 16.5 Å². The lowest BCUT2D eigenvalue weighted by Gasteiger charge is -2.30. The molecule has 6 heteroatoms. The summed E-state index contributed by atoms with van der Waals surface area (Å²) in [6.07, 6.45) is 14.7. The van der Waals surface area contributed by atoms with Gasteiger partial charge in [0.2, 0.25) is 0 Å². The molecule has 0 aliphatic carbocycles. The van der Waals surface area contributed by atoms with Gasteiger partial charge in [-0.15, -0.1) is 0 Å². The predicted octanol–water partition coefficient (Wildman–Crippen LogP) is 6.50. The normalized spacial score (nSPS) is 13.7. The first-order valence-corrected chi connectivity index (χ1v) is 11.2. The van der Waals surface area contributed by atoms with E-state index in [2.05, 4.69) is 40.0 Å². The Morgan fingerprint density at radius 1 is 0.935 bits per heavy atom. The van der Waals surface area contributed by atoms with Crippen LogP contribution in [0, 0.1) is 22.7 Å². The van der Waals surface area contributed by atoms with Gasteiger partial charge in [-0.25, -0.2) is 9.97 Å². The van der Waals surface area contributed by atoms with Crippen molar-refractivity contribution in [2.45, 2.75) is 51.9 Å². The lowest BCUT2D eigenvalue weighted by Crippen LogP contribution is -2.25. The van der Waals surface area contributed by atoms with Gasteiger partial charge in [0.15, 0.2) is 16.5 Å². The molecule has 0 radical (unpaired) electrons. The topological polar surface area (TPSA) is 76.6 Å². The summed E-state index contributed by atoms with van der Waals surface area (Å²) in [6.45, 7) is 3.12. The molecule has 1 aromatic heterocycles. The third kappa shape index (κ3) is 5.72. The molecule has 5 nitrogen and oxygen atoms in total. The number of para-hydroxylation sites is 1. The Bertz CT molecular complexity index is 1060. The van der Waals surface area contributed by atoms with E-state index in [1.807, 2.05) is 36.4 Å². The largest absolute Gasteiger partial charge is 0.341 e. The van der Waals surface area contributed by atoms with E-state index in [0.717, 1.165) is 29.9 Å². The second kappa shape index (κ2) is 11.3. The summed E-state index contributed by atoms with van der Waals surface area (Å²) >= 11 is 6.27. The number of nitriles is 2. The lowest BCUT2D eigenvalue weighted by atomic mass is 10.0. The zero-order valence-electron chi connectivity index (χ0n) is 17.8. The average molecular weight is 432 g/mol. The Kier molecular flexibility index (Phi) is 8.21. The number of aromatic nitrogens is 2. The lowest BCUT2D eigenvalue weighted by molar-refractivity contribution is 0.589. The second-order valence-electron chi connectivity index (χ2n) is 7.55. The van der Waals surface area contributed by atoms with Crippen molar-refractivity contribution in [1.82, 2.24) is 9.97 Å². The molecule has 0 spiro atoms. The number of allylic oxidation sites excluding steroid dienone is 1. The first kappa shape index (κ1) is 22.5. The number of nitrogens with zero attached hydrogens (tertiary/aromatic N) is 5. The summed E-state index contributed by atoms with van der Waals surface area (Å²) < 4.78 is 0. The Balaban J connectivity index is 1.83.